The zero-order valence-corrected chi connectivity index (χ0v) is 9.38. The molecule has 0 unspecified atom stereocenters. The Bertz CT molecular complexity index is 360. The second-order valence-electron chi connectivity index (χ2n) is 3.89. The van der Waals surface area contributed by atoms with E-state index in [2.05, 4.69) is 0 Å². The van der Waals surface area contributed by atoms with Gasteiger partial charge in [0.2, 0.25) is 0 Å². The second-order valence-corrected chi connectivity index (χ2v) is 4.32. The van der Waals surface area contributed by atoms with Gasteiger partial charge in [-0.1, -0.05) is 11.6 Å². The smallest absolute Gasteiger partial charge is 0.194 e. The van der Waals surface area contributed by atoms with Crippen molar-refractivity contribution < 1.29 is 9.53 Å². The molecule has 0 atom stereocenters. The number of benzene rings is 1. The lowest BCUT2D eigenvalue weighted by molar-refractivity contribution is -0.0448. The summed E-state index contributed by atoms with van der Waals surface area (Å²) in [7, 11) is 1.60. The second kappa shape index (κ2) is 3.95. The van der Waals surface area contributed by atoms with Crippen LogP contribution in [0.3, 0.4) is 0 Å². The van der Waals surface area contributed by atoms with Crippen LogP contribution in [0.15, 0.2) is 24.3 Å². The highest BCUT2D eigenvalue weighted by atomic mass is 35.5. The van der Waals surface area contributed by atoms with Crippen LogP contribution in [0, 0.1) is 0 Å². The van der Waals surface area contributed by atoms with Gasteiger partial charge in [-0.05, 0) is 43.5 Å². The zero-order chi connectivity index (χ0) is 10.9. The Morgan fingerprint density at radius 1 is 1.33 bits per heavy atom. The minimum Gasteiger partial charge on any atom is -0.370 e. The van der Waals surface area contributed by atoms with E-state index in [4.69, 9.17) is 16.3 Å². The Hall–Kier alpha value is -0.860. The number of carbonyl (C=O) groups excluding carboxylic acids is 1. The summed E-state index contributed by atoms with van der Waals surface area (Å²) in [4.78, 5) is 12.1. The van der Waals surface area contributed by atoms with Crippen molar-refractivity contribution in [2.75, 3.05) is 7.11 Å². The Kier molecular flexibility index (Phi) is 2.81. The highest BCUT2D eigenvalue weighted by Crippen LogP contribution is 2.37. The highest BCUT2D eigenvalue weighted by Gasteiger charge is 2.44. The fourth-order valence-electron chi connectivity index (χ4n) is 1.89. The molecular weight excluding hydrogens is 212 g/mol. The molecule has 1 saturated carbocycles. The summed E-state index contributed by atoms with van der Waals surface area (Å²) in [6, 6.07) is 6.97. The number of hydrogen-bond donors (Lipinski definition) is 0. The fourth-order valence-corrected chi connectivity index (χ4v) is 2.01. The first kappa shape index (κ1) is 10.7. The van der Waals surface area contributed by atoms with E-state index in [1.165, 1.54) is 0 Å². The molecular formula is C12H13ClO2. The molecule has 0 amide bonds. The van der Waals surface area contributed by atoms with Crippen molar-refractivity contribution in [2.24, 2.45) is 0 Å². The summed E-state index contributed by atoms with van der Waals surface area (Å²) in [5, 5.41) is 0.645. The van der Waals surface area contributed by atoms with E-state index in [1.54, 1.807) is 31.4 Å². The van der Waals surface area contributed by atoms with Gasteiger partial charge < -0.3 is 4.74 Å². The predicted molar refractivity (Wildman–Crippen MR) is 59.4 cm³/mol. The van der Waals surface area contributed by atoms with Gasteiger partial charge in [-0.25, -0.2) is 0 Å². The van der Waals surface area contributed by atoms with Gasteiger partial charge in [0.25, 0.3) is 0 Å². The number of ether oxygens (including phenoxy) is 1. The van der Waals surface area contributed by atoms with Crippen molar-refractivity contribution >= 4 is 17.4 Å². The van der Waals surface area contributed by atoms with Gasteiger partial charge in [0.1, 0.15) is 5.60 Å². The molecule has 0 aliphatic heterocycles. The van der Waals surface area contributed by atoms with Gasteiger partial charge in [0, 0.05) is 17.7 Å². The molecule has 0 heterocycles. The SMILES string of the molecule is COC1(C(=O)c2ccc(Cl)cc2)CCC1. The molecule has 0 aromatic heterocycles. The van der Waals surface area contributed by atoms with Crippen molar-refractivity contribution in [2.45, 2.75) is 24.9 Å². The Morgan fingerprint density at radius 3 is 2.33 bits per heavy atom. The number of carbonyl (C=O) groups is 1. The number of rotatable bonds is 3. The molecule has 1 aromatic carbocycles. The molecule has 1 aromatic rings. The van der Waals surface area contributed by atoms with E-state index in [1.807, 2.05) is 0 Å². The van der Waals surface area contributed by atoms with Crippen LogP contribution in [0.25, 0.3) is 0 Å². The third-order valence-corrected chi connectivity index (χ3v) is 3.32. The molecule has 1 aliphatic rings. The van der Waals surface area contributed by atoms with Crippen LogP contribution in [0.5, 0.6) is 0 Å². The quantitative estimate of drug-likeness (QED) is 0.738. The lowest BCUT2D eigenvalue weighted by atomic mass is 9.75. The summed E-state index contributed by atoms with van der Waals surface area (Å²) < 4.78 is 5.34. The molecule has 0 spiro atoms. The van der Waals surface area contributed by atoms with Gasteiger partial charge in [-0.2, -0.15) is 0 Å². The maximum Gasteiger partial charge on any atom is 0.194 e. The van der Waals surface area contributed by atoms with E-state index in [9.17, 15) is 4.79 Å². The minimum absolute atomic E-state index is 0.0768. The van der Waals surface area contributed by atoms with Gasteiger partial charge in [-0.3, -0.25) is 4.79 Å². The van der Waals surface area contributed by atoms with E-state index < -0.39 is 5.60 Å². The molecule has 0 bridgehead atoms. The third-order valence-electron chi connectivity index (χ3n) is 3.07. The van der Waals surface area contributed by atoms with Crippen LogP contribution in [0.4, 0.5) is 0 Å². The van der Waals surface area contributed by atoms with Gasteiger partial charge in [0.05, 0.1) is 0 Å². The predicted octanol–water partition coefficient (Wildman–Crippen LogP) is 3.09. The lowest BCUT2D eigenvalue weighted by Gasteiger charge is -2.38. The zero-order valence-electron chi connectivity index (χ0n) is 8.63. The first-order valence-corrected chi connectivity index (χ1v) is 5.41. The molecule has 2 rings (SSSR count). The number of halogens is 1. The van der Waals surface area contributed by atoms with E-state index in [0.29, 0.717) is 10.6 Å². The monoisotopic (exact) mass is 224 g/mol. The molecule has 2 nitrogen and oxygen atoms in total. The Morgan fingerprint density at radius 2 is 1.93 bits per heavy atom. The largest absolute Gasteiger partial charge is 0.370 e. The van der Waals surface area contributed by atoms with E-state index in [0.717, 1.165) is 19.3 Å². The van der Waals surface area contributed by atoms with Crippen LogP contribution in [-0.4, -0.2) is 18.5 Å². The maximum atomic E-state index is 12.1. The molecule has 80 valence electrons. The number of Topliss-reactive ketones (excluding diaryl/α,β-unsaturated/α-hetero) is 1. The number of ketones is 1. The molecule has 1 fully saturated rings. The third kappa shape index (κ3) is 1.80. The van der Waals surface area contributed by atoms with Crippen LogP contribution >= 0.6 is 11.6 Å². The van der Waals surface area contributed by atoms with E-state index in [-0.39, 0.29) is 5.78 Å². The van der Waals surface area contributed by atoms with Gasteiger partial charge in [-0.15, -0.1) is 0 Å². The summed E-state index contributed by atoms with van der Waals surface area (Å²) in [6.45, 7) is 0. The molecule has 15 heavy (non-hydrogen) atoms. The topological polar surface area (TPSA) is 26.3 Å². The van der Waals surface area contributed by atoms with Crippen molar-refractivity contribution in [3.63, 3.8) is 0 Å². The summed E-state index contributed by atoms with van der Waals surface area (Å²) >= 11 is 5.77. The van der Waals surface area contributed by atoms with Gasteiger partial charge >= 0.3 is 0 Å². The first-order chi connectivity index (χ1) is 7.18. The lowest BCUT2D eigenvalue weighted by Crippen LogP contribution is -2.47. The van der Waals surface area contributed by atoms with E-state index >= 15 is 0 Å². The minimum atomic E-state index is -0.562. The fraction of sp³-hybridized carbons (Fsp3) is 0.417. The number of hydrogen-bond acceptors (Lipinski definition) is 2. The summed E-state index contributed by atoms with van der Waals surface area (Å²) in [6.07, 6.45) is 2.71. The molecule has 0 radical (unpaired) electrons. The van der Waals surface area contributed by atoms with Crippen LogP contribution in [0.1, 0.15) is 29.6 Å². The van der Waals surface area contributed by atoms with Crippen LogP contribution < -0.4 is 0 Å². The van der Waals surface area contributed by atoms with Crippen molar-refractivity contribution in [3.8, 4) is 0 Å². The van der Waals surface area contributed by atoms with Crippen LogP contribution in [0.2, 0.25) is 5.02 Å². The Labute approximate surface area is 94.2 Å². The normalized spacial score (nSPS) is 18.3. The molecule has 1 aliphatic carbocycles. The van der Waals surface area contributed by atoms with Crippen LogP contribution in [-0.2, 0) is 4.74 Å². The van der Waals surface area contributed by atoms with Crippen molar-refractivity contribution in [3.05, 3.63) is 34.9 Å². The maximum absolute atomic E-state index is 12.1. The molecule has 0 saturated heterocycles. The average molecular weight is 225 g/mol. The van der Waals surface area contributed by atoms with Gasteiger partial charge in [0.15, 0.2) is 5.78 Å². The highest BCUT2D eigenvalue weighted by molar-refractivity contribution is 6.30. The molecule has 3 heteroatoms. The van der Waals surface area contributed by atoms with Crippen molar-refractivity contribution in [1.82, 2.24) is 0 Å². The first-order valence-electron chi connectivity index (χ1n) is 5.03. The number of methoxy groups -OCH3 is 1. The summed E-state index contributed by atoms with van der Waals surface area (Å²) in [5.74, 6) is 0.0768. The standard InChI is InChI=1S/C12H13ClO2/c1-15-12(7-2-8-12)11(14)9-3-5-10(13)6-4-9/h3-6H,2,7-8H2,1H3. The summed E-state index contributed by atoms with van der Waals surface area (Å²) in [5.41, 5.74) is 0.120. The average Bonchev–Trinajstić information content (AvgIpc) is 2.18. The Balaban J connectivity index is 2.24. The van der Waals surface area contributed by atoms with Crippen molar-refractivity contribution in [1.29, 1.82) is 0 Å². The molecule has 0 N–H and O–H groups in total.